The molecule has 1 aromatic rings. The van der Waals surface area contributed by atoms with Gasteiger partial charge in [0, 0.05) is 12.0 Å². The Labute approximate surface area is 168 Å². The first kappa shape index (κ1) is 23.4. The predicted octanol–water partition coefficient (Wildman–Crippen LogP) is 3.19. The second kappa shape index (κ2) is 9.56. The van der Waals surface area contributed by atoms with Gasteiger partial charge in [-0.15, -0.1) is 11.5 Å². The molecule has 0 aliphatic rings. The Morgan fingerprint density at radius 3 is 2.25 bits per heavy atom. The summed E-state index contributed by atoms with van der Waals surface area (Å²) in [7, 11) is 0.710. The molecular formula is C21H29NO5Si. The number of amides is 1. The molecule has 0 fully saturated rings. The van der Waals surface area contributed by atoms with Crippen LogP contribution in [0.25, 0.3) is 0 Å². The summed E-state index contributed by atoms with van der Waals surface area (Å²) in [6.07, 6.45) is 0.154. The molecule has 0 unspecified atom stereocenters. The maximum Gasteiger partial charge on any atom is 0.337 e. The summed E-state index contributed by atoms with van der Waals surface area (Å²) in [5.41, 5.74) is 3.82. The lowest BCUT2D eigenvalue weighted by Crippen LogP contribution is -2.41. The molecule has 1 N–H and O–H groups in total. The van der Waals surface area contributed by atoms with Crippen molar-refractivity contribution in [3.05, 3.63) is 35.4 Å². The van der Waals surface area contributed by atoms with Gasteiger partial charge in [-0.25, -0.2) is 9.59 Å². The summed E-state index contributed by atoms with van der Waals surface area (Å²) >= 11 is 0. The van der Waals surface area contributed by atoms with Crippen LogP contribution in [-0.4, -0.2) is 46.2 Å². The van der Waals surface area contributed by atoms with E-state index in [4.69, 9.17) is 4.74 Å². The van der Waals surface area contributed by atoms with Crippen LogP contribution in [0, 0.1) is 11.5 Å². The van der Waals surface area contributed by atoms with Crippen LogP contribution >= 0.6 is 0 Å². The zero-order valence-electron chi connectivity index (χ0n) is 17.6. The number of rotatable bonds is 5. The van der Waals surface area contributed by atoms with E-state index in [0.717, 1.165) is 0 Å². The minimum atomic E-state index is -1.82. The van der Waals surface area contributed by atoms with E-state index in [2.05, 4.69) is 55.4 Å². The van der Waals surface area contributed by atoms with Crippen molar-refractivity contribution in [1.82, 2.24) is 5.32 Å². The summed E-state index contributed by atoms with van der Waals surface area (Å²) in [6, 6.07) is 5.20. The summed E-state index contributed by atoms with van der Waals surface area (Å²) < 4.78 is 9.46. The molecule has 0 bridgehead atoms. The minimum Gasteiger partial charge on any atom is -0.467 e. The van der Waals surface area contributed by atoms with Crippen molar-refractivity contribution in [3.63, 3.8) is 0 Å². The van der Waals surface area contributed by atoms with Crippen molar-refractivity contribution in [3.8, 4) is 11.5 Å². The normalized spacial score (nSPS) is 12.2. The average molecular weight is 404 g/mol. The van der Waals surface area contributed by atoms with Crippen LogP contribution < -0.4 is 5.32 Å². The maximum atomic E-state index is 12.5. The van der Waals surface area contributed by atoms with Crippen LogP contribution in [0.1, 0.15) is 47.9 Å². The van der Waals surface area contributed by atoms with E-state index in [1.165, 1.54) is 20.3 Å². The standard InChI is InChI=1S/C21H29NO5Si/c1-21(2,3)28(6,7)13-9-12-17(20(25)27-5)22-18(23)15-10-8-11-16(14-15)19(24)26-4/h8,10-11,14,17H,12H2,1-7H3,(H,22,23)/t17-/m1/s1. The van der Waals surface area contributed by atoms with Gasteiger partial charge in [0.15, 0.2) is 0 Å². The van der Waals surface area contributed by atoms with Crippen LogP contribution in [-0.2, 0) is 14.3 Å². The molecule has 0 radical (unpaired) electrons. The number of hydrogen-bond acceptors (Lipinski definition) is 5. The van der Waals surface area contributed by atoms with E-state index in [9.17, 15) is 14.4 Å². The van der Waals surface area contributed by atoms with Crippen molar-refractivity contribution in [2.75, 3.05) is 14.2 Å². The topological polar surface area (TPSA) is 81.7 Å². The summed E-state index contributed by atoms with van der Waals surface area (Å²) in [5, 5.41) is 2.74. The molecule has 0 aromatic heterocycles. The fourth-order valence-corrected chi connectivity index (χ4v) is 2.96. The van der Waals surface area contributed by atoms with E-state index < -0.39 is 32.0 Å². The Bertz CT molecular complexity index is 799. The van der Waals surface area contributed by atoms with Gasteiger partial charge < -0.3 is 14.8 Å². The molecule has 1 amide bonds. The fourth-order valence-electron chi connectivity index (χ4n) is 2.04. The smallest absolute Gasteiger partial charge is 0.337 e. The molecule has 7 heteroatoms. The molecular weight excluding hydrogens is 374 g/mol. The van der Waals surface area contributed by atoms with Crippen LogP contribution in [0.15, 0.2) is 24.3 Å². The summed E-state index contributed by atoms with van der Waals surface area (Å²) in [4.78, 5) is 36.3. The molecule has 0 aliphatic carbocycles. The van der Waals surface area contributed by atoms with Gasteiger partial charge in [-0.05, 0) is 23.2 Å². The van der Waals surface area contributed by atoms with Crippen LogP contribution in [0.5, 0.6) is 0 Å². The maximum absolute atomic E-state index is 12.5. The Morgan fingerprint density at radius 2 is 1.71 bits per heavy atom. The Hall–Kier alpha value is -2.59. The Morgan fingerprint density at radius 1 is 1.11 bits per heavy atom. The third kappa shape index (κ3) is 6.24. The zero-order chi connectivity index (χ0) is 21.5. The lowest BCUT2D eigenvalue weighted by atomic mass is 10.1. The molecule has 0 spiro atoms. The summed E-state index contributed by atoms with van der Waals surface area (Å²) in [6.45, 7) is 10.8. The first-order valence-electron chi connectivity index (χ1n) is 9.00. The van der Waals surface area contributed by atoms with Gasteiger partial charge in [-0.1, -0.05) is 39.9 Å². The largest absolute Gasteiger partial charge is 0.467 e. The number of benzene rings is 1. The molecule has 0 heterocycles. The van der Waals surface area contributed by atoms with Crippen molar-refractivity contribution in [2.24, 2.45) is 0 Å². The highest BCUT2D eigenvalue weighted by Crippen LogP contribution is 2.35. The molecule has 152 valence electrons. The predicted molar refractivity (Wildman–Crippen MR) is 111 cm³/mol. The van der Waals surface area contributed by atoms with E-state index >= 15 is 0 Å². The SMILES string of the molecule is COC(=O)c1cccc(C(=O)N[C@H](CC#C[Si](C)(C)C(C)(C)C)C(=O)OC)c1. The van der Waals surface area contributed by atoms with Crippen molar-refractivity contribution in [2.45, 2.75) is 51.4 Å². The second-order valence-corrected chi connectivity index (χ2v) is 13.0. The molecule has 1 atom stereocenters. The zero-order valence-corrected chi connectivity index (χ0v) is 18.6. The number of hydrogen-bond donors (Lipinski definition) is 1. The van der Waals surface area contributed by atoms with Gasteiger partial charge in [0.1, 0.15) is 14.1 Å². The number of nitrogens with one attached hydrogen (secondary N) is 1. The summed E-state index contributed by atoms with van der Waals surface area (Å²) in [5.74, 6) is 1.46. The average Bonchev–Trinajstić information content (AvgIpc) is 2.64. The minimum absolute atomic E-state index is 0.0956. The van der Waals surface area contributed by atoms with Gasteiger partial charge >= 0.3 is 11.9 Å². The second-order valence-electron chi connectivity index (χ2n) is 8.00. The highest BCUT2D eigenvalue weighted by atomic mass is 28.3. The van der Waals surface area contributed by atoms with Gasteiger partial charge in [-0.2, -0.15) is 0 Å². The van der Waals surface area contributed by atoms with Crippen LogP contribution in [0.3, 0.4) is 0 Å². The molecule has 0 saturated carbocycles. The van der Waals surface area contributed by atoms with Gasteiger partial charge in [-0.3, -0.25) is 4.79 Å². The third-order valence-electron chi connectivity index (χ3n) is 4.92. The Kier molecular flexibility index (Phi) is 8.00. The van der Waals surface area contributed by atoms with Crippen molar-refractivity contribution in [1.29, 1.82) is 0 Å². The molecule has 0 saturated heterocycles. The van der Waals surface area contributed by atoms with Crippen LogP contribution in [0.4, 0.5) is 0 Å². The molecule has 6 nitrogen and oxygen atoms in total. The third-order valence-corrected chi connectivity index (χ3v) is 9.47. The lowest BCUT2D eigenvalue weighted by Gasteiger charge is -2.31. The van der Waals surface area contributed by atoms with Crippen molar-refractivity contribution < 1.29 is 23.9 Å². The quantitative estimate of drug-likeness (QED) is 0.464. The van der Waals surface area contributed by atoms with Crippen LogP contribution in [0.2, 0.25) is 18.1 Å². The van der Waals surface area contributed by atoms with E-state index in [-0.39, 0.29) is 22.6 Å². The monoisotopic (exact) mass is 403 g/mol. The molecule has 0 aliphatic heterocycles. The highest BCUT2D eigenvalue weighted by molar-refractivity contribution is 6.87. The molecule has 28 heavy (non-hydrogen) atoms. The fraction of sp³-hybridized carbons (Fsp3) is 0.476. The highest BCUT2D eigenvalue weighted by Gasteiger charge is 2.33. The number of carbonyl (C=O) groups excluding carboxylic acids is 3. The van der Waals surface area contributed by atoms with E-state index in [1.54, 1.807) is 18.2 Å². The number of esters is 2. The van der Waals surface area contributed by atoms with Crippen molar-refractivity contribution >= 4 is 25.9 Å². The first-order chi connectivity index (χ1) is 12.9. The van der Waals surface area contributed by atoms with E-state index in [0.29, 0.717) is 0 Å². The first-order valence-corrected chi connectivity index (χ1v) is 12.0. The number of methoxy groups -OCH3 is 2. The lowest BCUT2D eigenvalue weighted by molar-refractivity contribution is -0.142. The van der Waals surface area contributed by atoms with Gasteiger partial charge in [0.2, 0.25) is 0 Å². The molecule has 1 aromatic carbocycles. The van der Waals surface area contributed by atoms with Gasteiger partial charge in [0.25, 0.3) is 5.91 Å². The Balaban J connectivity index is 2.98. The number of carbonyl (C=O) groups is 3. The van der Waals surface area contributed by atoms with Gasteiger partial charge in [0.05, 0.1) is 19.8 Å². The number of ether oxygens (including phenoxy) is 2. The van der Waals surface area contributed by atoms with E-state index in [1.807, 2.05) is 0 Å². The molecule has 1 rings (SSSR count).